The van der Waals surface area contributed by atoms with Crippen molar-refractivity contribution in [3.8, 4) is 0 Å². The summed E-state index contributed by atoms with van der Waals surface area (Å²) in [4.78, 5) is 13.7. The maximum atomic E-state index is 12.1. The van der Waals surface area contributed by atoms with E-state index in [1.807, 2.05) is 0 Å². The van der Waals surface area contributed by atoms with Crippen LogP contribution in [0.4, 0.5) is 0 Å². The average molecular weight is 239 g/mol. The molecule has 1 atom stereocenters. The lowest BCUT2D eigenvalue weighted by atomic mass is 10.2. The minimum Gasteiger partial charge on any atom is -0.379 e. The first-order chi connectivity index (χ1) is 8.22. The predicted octanol–water partition coefficient (Wildman–Crippen LogP) is -0.902. The molecule has 1 aromatic heterocycles. The van der Waals surface area contributed by atoms with Crippen molar-refractivity contribution in [3.05, 3.63) is 11.9 Å². The third-order valence-corrected chi connectivity index (χ3v) is 2.89. The second kappa shape index (κ2) is 5.24. The largest absolute Gasteiger partial charge is 0.379 e. The van der Waals surface area contributed by atoms with Gasteiger partial charge < -0.3 is 15.4 Å². The minimum atomic E-state index is -0.122. The van der Waals surface area contributed by atoms with E-state index in [4.69, 9.17) is 10.5 Å². The van der Waals surface area contributed by atoms with Crippen LogP contribution in [-0.4, -0.2) is 58.6 Å². The number of ether oxygens (including phenoxy) is 1. The number of amides is 1. The minimum absolute atomic E-state index is 0.122. The van der Waals surface area contributed by atoms with Crippen LogP contribution in [0.25, 0.3) is 0 Å². The number of nitrogens with two attached hydrogens (primary N) is 1. The number of hydrogen-bond donors (Lipinski definition) is 1. The quantitative estimate of drug-likeness (QED) is 0.735. The van der Waals surface area contributed by atoms with E-state index in [9.17, 15) is 4.79 Å². The van der Waals surface area contributed by atoms with Gasteiger partial charge in [0.05, 0.1) is 25.4 Å². The predicted molar refractivity (Wildman–Crippen MR) is 60.4 cm³/mol. The van der Waals surface area contributed by atoms with Crippen LogP contribution in [0, 0.1) is 0 Å². The highest BCUT2D eigenvalue weighted by molar-refractivity contribution is 5.91. The van der Waals surface area contributed by atoms with Crippen LogP contribution in [0.1, 0.15) is 16.9 Å². The van der Waals surface area contributed by atoms with E-state index < -0.39 is 0 Å². The van der Waals surface area contributed by atoms with Crippen molar-refractivity contribution < 1.29 is 9.53 Å². The van der Waals surface area contributed by atoms with Crippen molar-refractivity contribution in [2.75, 3.05) is 26.8 Å². The maximum Gasteiger partial charge on any atom is 0.276 e. The van der Waals surface area contributed by atoms with Crippen LogP contribution in [0.15, 0.2) is 6.20 Å². The van der Waals surface area contributed by atoms with Crippen molar-refractivity contribution in [1.29, 1.82) is 0 Å². The Morgan fingerprint density at radius 1 is 1.76 bits per heavy atom. The first kappa shape index (κ1) is 12.0. The number of hydrogen-bond acceptors (Lipinski definition) is 5. The van der Waals surface area contributed by atoms with Gasteiger partial charge >= 0.3 is 0 Å². The molecule has 0 saturated carbocycles. The fraction of sp³-hybridized carbons (Fsp3) is 0.700. The Balaban J connectivity index is 2.02. The molecule has 0 aromatic carbocycles. The standard InChI is InChI=1S/C10H17N5O2/c1-14(8-2-5-17-7-8)10(16)9-6-15(4-3-11)13-12-9/h6,8H,2-5,7,11H2,1H3. The Kier molecular flexibility index (Phi) is 3.70. The summed E-state index contributed by atoms with van der Waals surface area (Å²) in [7, 11) is 1.77. The van der Waals surface area contributed by atoms with E-state index in [0.717, 1.165) is 6.42 Å². The van der Waals surface area contributed by atoms with E-state index in [1.165, 1.54) is 0 Å². The smallest absolute Gasteiger partial charge is 0.276 e. The molecule has 1 saturated heterocycles. The number of likely N-dealkylation sites (N-methyl/N-ethyl adjacent to an activating group) is 1. The van der Waals surface area contributed by atoms with Gasteiger partial charge in [-0.15, -0.1) is 5.10 Å². The zero-order chi connectivity index (χ0) is 12.3. The van der Waals surface area contributed by atoms with Gasteiger partial charge in [0.2, 0.25) is 0 Å². The van der Waals surface area contributed by atoms with Gasteiger partial charge in [-0.1, -0.05) is 5.21 Å². The molecule has 0 bridgehead atoms. The van der Waals surface area contributed by atoms with Gasteiger partial charge in [0.1, 0.15) is 0 Å². The molecular formula is C10H17N5O2. The zero-order valence-corrected chi connectivity index (χ0v) is 9.87. The second-order valence-corrected chi connectivity index (χ2v) is 4.09. The molecule has 0 radical (unpaired) electrons. The molecule has 17 heavy (non-hydrogen) atoms. The van der Waals surface area contributed by atoms with Gasteiger partial charge in [-0.25, -0.2) is 0 Å². The number of aromatic nitrogens is 3. The van der Waals surface area contributed by atoms with Crippen molar-refractivity contribution in [2.45, 2.75) is 19.0 Å². The lowest BCUT2D eigenvalue weighted by Gasteiger charge is -2.21. The topological polar surface area (TPSA) is 86.3 Å². The molecule has 1 aliphatic heterocycles. The molecule has 7 nitrogen and oxygen atoms in total. The van der Waals surface area contributed by atoms with Crippen LogP contribution >= 0.6 is 0 Å². The molecule has 7 heteroatoms. The molecule has 2 N–H and O–H groups in total. The molecule has 0 spiro atoms. The number of nitrogens with zero attached hydrogens (tertiary/aromatic N) is 4. The maximum absolute atomic E-state index is 12.1. The summed E-state index contributed by atoms with van der Waals surface area (Å²) in [5.74, 6) is -0.122. The fourth-order valence-electron chi connectivity index (χ4n) is 1.81. The zero-order valence-electron chi connectivity index (χ0n) is 9.87. The Labute approximate surface area is 99.5 Å². The molecule has 0 aliphatic carbocycles. The van der Waals surface area contributed by atoms with Crippen LogP contribution in [0.2, 0.25) is 0 Å². The molecule has 1 aliphatic rings. The van der Waals surface area contributed by atoms with E-state index in [1.54, 1.807) is 22.8 Å². The Bertz CT molecular complexity index is 386. The lowest BCUT2D eigenvalue weighted by Crippen LogP contribution is -2.37. The number of carbonyl (C=O) groups is 1. The highest BCUT2D eigenvalue weighted by atomic mass is 16.5. The van der Waals surface area contributed by atoms with Gasteiger partial charge in [-0.05, 0) is 6.42 Å². The third kappa shape index (κ3) is 2.62. The monoisotopic (exact) mass is 239 g/mol. The van der Waals surface area contributed by atoms with E-state index in [2.05, 4.69) is 10.3 Å². The number of rotatable bonds is 4. The van der Waals surface area contributed by atoms with Crippen molar-refractivity contribution in [1.82, 2.24) is 19.9 Å². The van der Waals surface area contributed by atoms with Gasteiger partial charge in [0.25, 0.3) is 5.91 Å². The van der Waals surface area contributed by atoms with Gasteiger partial charge in [-0.3, -0.25) is 9.48 Å². The normalized spacial score (nSPS) is 19.5. The van der Waals surface area contributed by atoms with E-state index >= 15 is 0 Å². The first-order valence-electron chi connectivity index (χ1n) is 5.67. The fourth-order valence-corrected chi connectivity index (χ4v) is 1.81. The molecule has 1 unspecified atom stereocenters. The van der Waals surface area contributed by atoms with Crippen LogP contribution < -0.4 is 5.73 Å². The molecular weight excluding hydrogens is 222 g/mol. The van der Waals surface area contributed by atoms with Crippen LogP contribution in [0.5, 0.6) is 0 Å². The summed E-state index contributed by atoms with van der Waals surface area (Å²) >= 11 is 0. The van der Waals surface area contributed by atoms with Gasteiger partial charge in [-0.2, -0.15) is 0 Å². The second-order valence-electron chi connectivity index (χ2n) is 4.09. The van der Waals surface area contributed by atoms with Crippen LogP contribution in [-0.2, 0) is 11.3 Å². The Morgan fingerprint density at radius 3 is 3.24 bits per heavy atom. The van der Waals surface area contributed by atoms with Crippen molar-refractivity contribution in [3.63, 3.8) is 0 Å². The molecule has 1 fully saturated rings. The highest BCUT2D eigenvalue weighted by Crippen LogP contribution is 2.12. The Morgan fingerprint density at radius 2 is 2.59 bits per heavy atom. The third-order valence-electron chi connectivity index (χ3n) is 2.89. The summed E-state index contributed by atoms with van der Waals surface area (Å²) in [5.41, 5.74) is 5.76. The summed E-state index contributed by atoms with van der Waals surface area (Å²) in [6.07, 6.45) is 2.50. The average Bonchev–Trinajstić information content (AvgIpc) is 2.98. The van der Waals surface area contributed by atoms with Crippen molar-refractivity contribution >= 4 is 5.91 Å². The van der Waals surface area contributed by atoms with Gasteiger partial charge in [0.15, 0.2) is 5.69 Å². The molecule has 1 amide bonds. The van der Waals surface area contributed by atoms with Gasteiger partial charge in [0, 0.05) is 20.2 Å². The first-order valence-corrected chi connectivity index (χ1v) is 5.67. The molecule has 2 heterocycles. The summed E-state index contributed by atoms with van der Waals surface area (Å²) in [6, 6.07) is 0.141. The molecule has 2 rings (SSSR count). The summed E-state index contributed by atoms with van der Waals surface area (Å²) in [6.45, 7) is 2.35. The lowest BCUT2D eigenvalue weighted by molar-refractivity contribution is 0.0705. The van der Waals surface area contributed by atoms with Crippen molar-refractivity contribution in [2.24, 2.45) is 5.73 Å². The Hall–Kier alpha value is -1.47. The molecule has 94 valence electrons. The van der Waals surface area contributed by atoms with E-state index in [-0.39, 0.29) is 11.9 Å². The molecule has 1 aromatic rings. The SMILES string of the molecule is CN(C(=O)c1cn(CCN)nn1)C1CCOC1. The summed E-state index contributed by atoms with van der Waals surface area (Å²) < 4.78 is 6.83. The highest BCUT2D eigenvalue weighted by Gasteiger charge is 2.26. The van der Waals surface area contributed by atoms with Crippen LogP contribution in [0.3, 0.4) is 0 Å². The van der Waals surface area contributed by atoms with E-state index in [0.29, 0.717) is 32.0 Å². The summed E-state index contributed by atoms with van der Waals surface area (Å²) in [5, 5.41) is 7.70. The number of carbonyl (C=O) groups excluding carboxylic acids is 1.